The van der Waals surface area contributed by atoms with Gasteiger partial charge in [0.2, 0.25) is 0 Å². The summed E-state index contributed by atoms with van der Waals surface area (Å²) in [6.07, 6.45) is 34.6. The molecule has 10 bridgehead atoms. The molecule has 0 aromatic heterocycles. The first-order valence-corrected chi connectivity index (χ1v) is 45.6. The molecule has 122 heavy (non-hydrogen) atoms. The molecule has 24 rings (SSSR count). The molecule has 0 radical (unpaired) electrons. The van der Waals surface area contributed by atoms with E-state index in [1.54, 1.807) is 30.4 Å². The van der Waals surface area contributed by atoms with Crippen LogP contribution in [0.5, 0.6) is 0 Å². The molecule has 640 valence electrons. The van der Waals surface area contributed by atoms with E-state index >= 15 is 0 Å². The Balaban J connectivity index is 0.0000000976. The standard InChI is InChI=1S/C23H27NO2.C21H17F6NO2.C20H20BrNO2.C19H19NO2.C17H23NO2/c1-22(2,3)16-9-7-15(8-10-16)18-12-17-14-23(19(18)13-21(25)26-23)20-6-4-5-11-24(17)20;22-20(23,24)12-5-11(6-13(7-12)21(25,26)27)15-8-14-10-19(16(15)9-18(29)30-19)17-3-1-2-4-28(14)17;1-12-6-13(8-14(21)7-12)16-9-15-11-20(17(16)10-19(23)24-20)18-4-2-3-5-22(15)18;21-18-11-16-15(13-6-2-1-3-7-13)10-14-12-19(16,22-18)17-8-4-5-9-20(14)17;1-2-3-6-12-9-13-11-17(14(12)10-16(19)20-17)15-7-4-5-8-18(13)15/h7-10,12-13,17,20H,4-6,11,14H2,1-3H3;5-9,14,17H,1-4,10H2;6-10,15,18H,2-5,11H2,1H3;1-3,6-7,10-11,14,17H,4-5,8-9,12H2;9-10,13,15H,2-8,11H2,1H3/t17-,20-,23+;14-,17-,19+;15-,18-,20+;14-,17-,19+;13-,15-,17+/m11111/s1. The Morgan fingerprint density at radius 3 is 1.03 bits per heavy atom. The molecule has 22 heteroatoms. The van der Waals surface area contributed by atoms with E-state index in [-0.39, 0.29) is 69.8 Å². The molecule has 15 heterocycles. The van der Waals surface area contributed by atoms with E-state index in [4.69, 9.17) is 23.7 Å². The lowest BCUT2D eigenvalue weighted by molar-refractivity contribution is -0.149. The highest BCUT2D eigenvalue weighted by molar-refractivity contribution is 9.10. The van der Waals surface area contributed by atoms with Crippen LogP contribution in [0.3, 0.4) is 0 Å². The lowest BCUT2D eigenvalue weighted by Gasteiger charge is -2.38. The number of unbranched alkanes of at least 4 members (excludes halogenated alkanes) is 1. The van der Waals surface area contributed by atoms with Crippen molar-refractivity contribution < 1.29 is 74.0 Å². The van der Waals surface area contributed by atoms with Crippen LogP contribution in [0.4, 0.5) is 26.3 Å². The Hall–Kier alpha value is -8.51. The molecule has 10 saturated heterocycles. The Morgan fingerprint density at radius 1 is 0.377 bits per heavy atom. The monoisotopic (exact) mass is 1730 g/mol. The number of ether oxygens (including phenoxy) is 5. The van der Waals surface area contributed by atoms with E-state index in [2.05, 4.69) is 166 Å². The van der Waals surface area contributed by atoms with Gasteiger partial charge in [-0.1, -0.05) is 173 Å². The number of fused-ring (bicyclic) bond motifs is 15. The van der Waals surface area contributed by atoms with Gasteiger partial charge in [-0.2, -0.15) is 26.3 Å². The van der Waals surface area contributed by atoms with Crippen LogP contribution < -0.4 is 0 Å². The lowest BCUT2D eigenvalue weighted by Crippen LogP contribution is -2.48. The van der Waals surface area contributed by atoms with Gasteiger partial charge in [0.25, 0.3) is 0 Å². The highest BCUT2D eigenvalue weighted by Crippen LogP contribution is 2.62. The van der Waals surface area contributed by atoms with Gasteiger partial charge in [-0.3, -0.25) is 24.5 Å². The van der Waals surface area contributed by atoms with E-state index in [1.807, 2.05) is 6.07 Å². The summed E-state index contributed by atoms with van der Waals surface area (Å²) in [6, 6.07) is 30.2. The summed E-state index contributed by atoms with van der Waals surface area (Å²) < 4.78 is 111. The Morgan fingerprint density at radius 2 is 0.697 bits per heavy atom. The Bertz CT molecular complexity index is 5310. The second-order valence-corrected chi connectivity index (χ2v) is 39.5. The summed E-state index contributed by atoms with van der Waals surface area (Å²) >= 11 is 3.61. The van der Waals surface area contributed by atoms with E-state index < -0.39 is 46.3 Å². The van der Waals surface area contributed by atoms with Crippen LogP contribution in [0.1, 0.15) is 220 Å². The third-order valence-corrected chi connectivity index (χ3v) is 31.1. The maximum Gasteiger partial charge on any atom is 0.416 e. The van der Waals surface area contributed by atoms with Crippen molar-refractivity contribution in [1.29, 1.82) is 0 Å². The smallest absolute Gasteiger partial charge is 0.416 e. The largest absolute Gasteiger partial charge is 0.449 e. The first-order chi connectivity index (χ1) is 58.5. The van der Waals surface area contributed by atoms with Crippen molar-refractivity contribution >= 4 is 68.1 Å². The summed E-state index contributed by atoms with van der Waals surface area (Å²) in [7, 11) is 0. The number of hydrogen-bond acceptors (Lipinski definition) is 15. The van der Waals surface area contributed by atoms with Gasteiger partial charge in [0.05, 0.1) is 41.3 Å². The van der Waals surface area contributed by atoms with E-state index in [0.717, 1.165) is 130 Å². The molecule has 0 N–H and O–H groups in total. The summed E-state index contributed by atoms with van der Waals surface area (Å²) in [5.41, 5.74) is 11.0. The fourth-order valence-corrected chi connectivity index (χ4v) is 26.4. The average Bonchev–Trinajstić information content (AvgIpc) is 1.56. The second-order valence-electron chi connectivity index (χ2n) is 38.6. The summed E-state index contributed by atoms with van der Waals surface area (Å²) in [5.74, 6) is -1.21. The summed E-state index contributed by atoms with van der Waals surface area (Å²) in [5, 5.41) is 0. The molecular weight excluding hydrogens is 1630 g/mol. The predicted octanol–water partition coefficient (Wildman–Crippen LogP) is 19.1. The average molecular weight is 1730 g/mol. The molecule has 5 aliphatic carbocycles. The lowest BCUT2D eigenvalue weighted by atomic mass is 9.74. The molecular formula is C100H106BrF6N5O10. The number of carbonyl (C=O) groups is 5. The molecule has 15 nitrogen and oxygen atoms in total. The van der Waals surface area contributed by atoms with Crippen LogP contribution in [0.2, 0.25) is 0 Å². The fraction of sp³-hybridized carbons (Fsp3) is 0.510. The number of benzene rings is 4. The van der Waals surface area contributed by atoms with Crippen LogP contribution >= 0.6 is 15.9 Å². The van der Waals surface area contributed by atoms with Crippen LogP contribution in [0, 0.1) is 6.92 Å². The van der Waals surface area contributed by atoms with Gasteiger partial charge in [0.15, 0.2) is 28.0 Å². The van der Waals surface area contributed by atoms with Crippen molar-refractivity contribution in [2.24, 2.45) is 0 Å². The number of halogens is 7. The highest BCUT2D eigenvalue weighted by atomic mass is 79.9. The number of nitrogens with zero attached hydrogens (tertiary/aromatic N) is 5. The van der Waals surface area contributed by atoms with Gasteiger partial charge in [-0.05, 0) is 214 Å². The molecule has 20 aliphatic rings. The third kappa shape index (κ3) is 13.6. The number of rotatable bonds is 7. The maximum absolute atomic E-state index is 13.4. The van der Waals surface area contributed by atoms with Crippen LogP contribution in [0.25, 0.3) is 22.3 Å². The number of piperidine rings is 5. The van der Waals surface area contributed by atoms with Crippen LogP contribution in [-0.4, -0.2) is 175 Å². The summed E-state index contributed by atoms with van der Waals surface area (Å²) in [6.45, 7) is 16.3. The summed E-state index contributed by atoms with van der Waals surface area (Å²) in [4.78, 5) is 73.3. The number of carbonyl (C=O) groups excluding carboxylic acids is 5. The van der Waals surface area contributed by atoms with Crippen LogP contribution in [-0.2, 0) is 65.4 Å². The minimum absolute atomic E-state index is 0.115. The molecule has 15 atom stereocenters. The molecule has 15 aliphatic heterocycles. The fourth-order valence-electron chi connectivity index (χ4n) is 25.8. The van der Waals surface area contributed by atoms with E-state index in [1.165, 1.54) is 139 Å². The zero-order chi connectivity index (χ0) is 84.5. The zero-order valence-electron chi connectivity index (χ0n) is 70.0. The molecule has 0 amide bonds. The highest BCUT2D eigenvalue weighted by Gasteiger charge is 2.67. The van der Waals surface area contributed by atoms with E-state index in [0.29, 0.717) is 60.3 Å². The van der Waals surface area contributed by atoms with Gasteiger partial charge in [0, 0.05) is 125 Å². The van der Waals surface area contributed by atoms with Crippen molar-refractivity contribution in [2.45, 2.75) is 288 Å². The SMILES string of the molecule is CC(C)(C)c1ccc(C2=C[C@@H]3C[C@@]4(OC(=O)C=C24)[C@H]2CCCCN32)cc1.CCCCC1=C[C@@H]2C[C@@]3(OC(=O)C=C13)[C@H]1CCCCN21.Cc1cc(Br)cc(C2=C[C@@H]3C[C@@]4(OC(=O)C=C24)[C@H]2CCCCN32)c1.O=C1C=C2C(c3cc(C(F)(F)F)cc(C(F)(F)F)c3)=C[C@@H]3C[C@@]2(O1)[C@H]1CCCCN31.O=C1C=C2C(c3ccccc3)=C[C@@H]3C[C@@]2(O1)[C@H]1CCCCN31. The zero-order valence-corrected chi connectivity index (χ0v) is 71.6. The Kier molecular flexibility index (Phi) is 20.4. The van der Waals surface area contributed by atoms with Gasteiger partial charge < -0.3 is 23.7 Å². The molecule has 5 spiro atoms. The third-order valence-electron chi connectivity index (χ3n) is 30.6. The quantitative estimate of drug-likeness (QED) is 0.0981. The normalized spacial score (nSPS) is 34.4. The van der Waals surface area contributed by atoms with Crippen molar-refractivity contribution in [1.82, 2.24) is 24.5 Å². The van der Waals surface area contributed by atoms with Crippen molar-refractivity contribution in [3.05, 3.63) is 234 Å². The topological polar surface area (TPSA) is 148 Å². The minimum atomic E-state index is -4.93. The minimum Gasteiger partial charge on any atom is -0.449 e. The van der Waals surface area contributed by atoms with Gasteiger partial charge in [-0.25, -0.2) is 24.0 Å². The molecule has 4 aromatic rings. The Labute approximate surface area is 717 Å². The van der Waals surface area contributed by atoms with Crippen LogP contribution in [0.15, 0.2) is 190 Å². The van der Waals surface area contributed by atoms with Gasteiger partial charge in [0.1, 0.15) is 0 Å². The van der Waals surface area contributed by atoms with Crippen molar-refractivity contribution in [3.63, 3.8) is 0 Å². The van der Waals surface area contributed by atoms with Crippen molar-refractivity contribution in [3.8, 4) is 0 Å². The number of alkyl halides is 6. The molecule has 0 unspecified atom stereocenters. The van der Waals surface area contributed by atoms with E-state index in [9.17, 15) is 50.3 Å². The number of hydrogen-bond donors (Lipinski definition) is 0. The first kappa shape index (κ1) is 81.8. The second kappa shape index (κ2) is 30.4. The number of aryl methyl sites for hydroxylation is 1. The molecule has 10 fully saturated rings. The van der Waals surface area contributed by atoms with Crippen molar-refractivity contribution in [2.75, 3.05) is 32.7 Å². The number of esters is 5. The van der Waals surface area contributed by atoms with Gasteiger partial charge in [-0.15, -0.1) is 0 Å². The first-order valence-electron chi connectivity index (χ1n) is 44.8. The maximum atomic E-state index is 13.4. The molecule has 4 aromatic carbocycles. The van der Waals surface area contributed by atoms with Gasteiger partial charge >= 0.3 is 42.2 Å². The predicted molar refractivity (Wildman–Crippen MR) is 455 cm³/mol. The molecule has 0 saturated carbocycles.